The molecule has 1 aliphatic rings. The fourth-order valence-corrected chi connectivity index (χ4v) is 2.55. The van der Waals surface area contributed by atoms with Gasteiger partial charge in [-0.25, -0.2) is 0 Å². The second-order valence-corrected chi connectivity index (χ2v) is 5.38. The lowest BCUT2D eigenvalue weighted by molar-refractivity contribution is -0.118. The first kappa shape index (κ1) is 13.8. The molecule has 0 bridgehead atoms. The number of amides is 1. The molecular weight excluding hydrogens is 220 g/mol. The third kappa shape index (κ3) is 5.21. The molecule has 1 aliphatic heterocycles. The van der Waals surface area contributed by atoms with E-state index in [1.807, 2.05) is 6.26 Å². The minimum absolute atomic E-state index is 0.166. The van der Waals surface area contributed by atoms with E-state index in [9.17, 15) is 4.79 Å². The first-order chi connectivity index (χ1) is 7.74. The van der Waals surface area contributed by atoms with E-state index in [-0.39, 0.29) is 5.91 Å². The fraction of sp³-hybridized carbons (Fsp3) is 0.917. The molecule has 0 spiro atoms. The molecule has 0 radical (unpaired) electrons. The number of hydrogen-bond acceptors (Lipinski definition) is 3. The minimum atomic E-state index is 0.166. The van der Waals surface area contributed by atoms with Crippen LogP contribution in [0.4, 0.5) is 0 Å². The van der Waals surface area contributed by atoms with E-state index < -0.39 is 0 Å². The SMILES string of the molecule is CSCC(=O)NCCCN1CCCCC1C. The van der Waals surface area contributed by atoms with Gasteiger partial charge < -0.3 is 10.2 Å². The van der Waals surface area contributed by atoms with Crippen LogP contribution in [0.5, 0.6) is 0 Å². The topological polar surface area (TPSA) is 32.3 Å². The normalized spacial score (nSPS) is 22.0. The Balaban J connectivity index is 2.03. The highest BCUT2D eigenvalue weighted by molar-refractivity contribution is 7.99. The number of piperidine rings is 1. The summed E-state index contributed by atoms with van der Waals surface area (Å²) >= 11 is 1.57. The maximum atomic E-state index is 11.2. The van der Waals surface area contributed by atoms with Crippen LogP contribution in [0.15, 0.2) is 0 Å². The number of hydrogen-bond donors (Lipinski definition) is 1. The van der Waals surface area contributed by atoms with Gasteiger partial charge in [-0.15, -0.1) is 0 Å². The second kappa shape index (κ2) is 7.96. The molecule has 0 aromatic carbocycles. The van der Waals surface area contributed by atoms with Gasteiger partial charge in [0.05, 0.1) is 5.75 Å². The quantitative estimate of drug-likeness (QED) is 0.722. The maximum Gasteiger partial charge on any atom is 0.229 e. The number of carbonyl (C=O) groups excluding carboxylic acids is 1. The van der Waals surface area contributed by atoms with Crippen molar-refractivity contribution < 1.29 is 4.79 Å². The highest BCUT2D eigenvalue weighted by Crippen LogP contribution is 2.15. The van der Waals surface area contributed by atoms with Crippen molar-refractivity contribution in [3.63, 3.8) is 0 Å². The Morgan fingerprint density at radius 1 is 1.50 bits per heavy atom. The summed E-state index contributed by atoms with van der Waals surface area (Å²) in [4.78, 5) is 13.8. The summed E-state index contributed by atoms with van der Waals surface area (Å²) in [7, 11) is 0. The lowest BCUT2D eigenvalue weighted by atomic mass is 10.0. The molecule has 94 valence electrons. The Morgan fingerprint density at radius 2 is 2.31 bits per heavy atom. The van der Waals surface area contributed by atoms with Gasteiger partial charge in [-0.2, -0.15) is 11.8 Å². The Bertz CT molecular complexity index is 211. The molecule has 1 fully saturated rings. The van der Waals surface area contributed by atoms with Crippen LogP contribution in [0.25, 0.3) is 0 Å². The van der Waals surface area contributed by atoms with Crippen molar-refractivity contribution in [2.75, 3.05) is 31.6 Å². The molecule has 1 unspecified atom stereocenters. The predicted octanol–water partition coefficient (Wildman–Crippen LogP) is 1.73. The van der Waals surface area contributed by atoms with Crippen LogP contribution in [0, 0.1) is 0 Å². The van der Waals surface area contributed by atoms with Crippen LogP contribution in [-0.2, 0) is 4.79 Å². The first-order valence-electron chi connectivity index (χ1n) is 6.23. The molecule has 0 saturated carbocycles. The Morgan fingerprint density at radius 3 is 3.00 bits per heavy atom. The molecule has 1 saturated heterocycles. The summed E-state index contributed by atoms with van der Waals surface area (Å²) in [6, 6.07) is 0.732. The number of nitrogens with zero attached hydrogens (tertiary/aromatic N) is 1. The number of thioether (sulfide) groups is 1. The van der Waals surface area contributed by atoms with E-state index in [1.54, 1.807) is 11.8 Å². The molecule has 16 heavy (non-hydrogen) atoms. The van der Waals surface area contributed by atoms with Gasteiger partial charge in [0.1, 0.15) is 0 Å². The molecule has 0 aliphatic carbocycles. The highest BCUT2D eigenvalue weighted by Gasteiger charge is 2.16. The van der Waals surface area contributed by atoms with E-state index in [1.165, 1.54) is 25.8 Å². The van der Waals surface area contributed by atoms with Crippen molar-refractivity contribution >= 4 is 17.7 Å². The highest BCUT2D eigenvalue weighted by atomic mass is 32.2. The molecular formula is C12H24N2OS. The van der Waals surface area contributed by atoms with E-state index in [2.05, 4.69) is 17.1 Å². The lowest BCUT2D eigenvalue weighted by Crippen LogP contribution is -2.39. The summed E-state index contributed by atoms with van der Waals surface area (Å²) in [6.07, 6.45) is 7.07. The average molecular weight is 244 g/mol. The molecule has 1 N–H and O–H groups in total. The van der Waals surface area contributed by atoms with E-state index in [4.69, 9.17) is 0 Å². The van der Waals surface area contributed by atoms with Gasteiger partial charge in [0.15, 0.2) is 0 Å². The Hall–Kier alpha value is -0.220. The molecule has 0 aromatic heterocycles. The molecule has 3 nitrogen and oxygen atoms in total. The van der Waals surface area contributed by atoms with Crippen molar-refractivity contribution in [3.8, 4) is 0 Å². The van der Waals surface area contributed by atoms with Crippen LogP contribution in [0.1, 0.15) is 32.6 Å². The van der Waals surface area contributed by atoms with E-state index in [0.29, 0.717) is 5.75 Å². The van der Waals surface area contributed by atoms with Crippen LogP contribution < -0.4 is 5.32 Å². The molecule has 0 aromatic rings. The standard InChI is InChI=1S/C12H24N2OS/c1-11-6-3-4-8-14(11)9-5-7-13-12(15)10-16-2/h11H,3-10H2,1-2H3,(H,13,15). The summed E-state index contributed by atoms with van der Waals surface area (Å²) in [5, 5.41) is 2.95. The summed E-state index contributed by atoms with van der Waals surface area (Å²) in [6.45, 7) is 5.49. The van der Waals surface area contributed by atoms with Gasteiger partial charge in [0, 0.05) is 19.1 Å². The predicted molar refractivity (Wildman–Crippen MR) is 70.9 cm³/mol. The van der Waals surface area contributed by atoms with Crippen molar-refractivity contribution in [3.05, 3.63) is 0 Å². The number of carbonyl (C=O) groups is 1. The second-order valence-electron chi connectivity index (χ2n) is 4.52. The minimum Gasteiger partial charge on any atom is -0.355 e. The van der Waals surface area contributed by atoms with Crippen molar-refractivity contribution in [1.29, 1.82) is 0 Å². The third-order valence-electron chi connectivity index (χ3n) is 3.16. The lowest BCUT2D eigenvalue weighted by Gasteiger charge is -2.33. The fourth-order valence-electron chi connectivity index (χ4n) is 2.18. The smallest absolute Gasteiger partial charge is 0.229 e. The zero-order valence-electron chi connectivity index (χ0n) is 10.5. The van der Waals surface area contributed by atoms with Crippen molar-refractivity contribution in [2.24, 2.45) is 0 Å². The van der Waals surface area contributed by atoms with Crippen molar-refractivity contribution in [2.45, 2.75) is 38.6 Å². The largest absolute Gasteiger partial charge is 0.355 e. The number of likely N-dealkylation sites (tertiary alicyclic amines) is 1. The molecule has 1 rings (SSSR count). The molecule has 1 amide bonds. The average Bonchev–Trinajstić information content (AvgIpc) is 2.27. The van der Waals surface area contributed by atoms with E-state index in [0.717, 1.165) is 25.6 Å². The Labute approximate surface area is 103 Å². The number of nitrogens with one attached hydrogen (secondary N) is 1. The summed E-state index contributed by atoms with van der Waals surface area (Å²) in [5.41, 5.74) is 0. The van der Waals surface area contributed by atoms with Gasteiger partial charge in [0.25, 0.3) is 0 Å². The van der Waals surface area contributed by atoms with Gasteiger partial charge >= 0.3 is 0 Å². The molecule has 1 atom stereocenters. The monoisotopic (exact) mass is 244 g/mol. The van der Waals surface area contributed by atoms with Crippen LogP contribution in [0.3, 0.4) is 0 Å². The van der Waals surface area contributed by atoms with Gasteiger partial charge in [-0.3, -0.25) is 4.79 Å². The Kier molecular flexibility index (Phi) is 6.88. The molecule has 4 heteroatoms. The van der Waals surface area contributed by atoms with Crippen molar-refractivity contribution in [1.82, 2.24) is 10.2 Å². The first-order valence-corrected chi connectivity index (χ1v) is 7.63. The summed E-state index contributed by atoms with van der Waals surface area (Å²) < 4.78 is 0. The zero-order valence-corrected chi connectivity index (χ0v) is 11.3. The zero-order chi connectivity index (χ0) is 11.8. The van der Waals surface area contributed by atoms with Gasteiger partial charge in [-0.05, 0) is 39.0 Å². The molecule has 1 heterocycles. The van der Waals surface area contributed by atoms with E-state index >= 15 is 0 Å². The van der Waals surface area contributed by atoms with Gasteiger partial charge in [0.2, 0.25) is 5.91 Å². The number of rotatable bonds is 6. The summed E-state index contributed by atoms with van der Waals surface area (Å²) in [5.74, 6) is 0.749. The third-order valence-corrected chi connectivity index (χ3v) is 3.71. The van der Waals surface area contributed by atoms with Crippen LogP contribution in [0.2, 0.25) is 0 Å². The van der Waals surface area contributed by atoms with Crippen LogP contribution >= 0.6 is 11.8 Å². The van der Waals surface area contributed by atoms with Crippen LogP contribution in [-0.4, -0.2) is 48.5 Å². The maximum absolute atomic E-state index is 11.2. The van der Waals surface area contributed by atoms with Gasteiger partial charge in [-0.1, -0.05) is 6.42 Å².